The molecular formula is C13H16N2O3. The van der Waals surface area contributed by atoms with Crippen molar-refractivity contribution in [3.8, 4) is 0 Å². The summed E-state index contributed by atoms with van der Waals surface area (Å²) in [5, 5.41) is 8.95. The summed E-state index contributed by atoms with van der Waals surface area (Å²) in [4.78, 5) is 26.4. The van der Waals surface area contributed by atoms with Crippen LogP contribution in [0, 0.1) is 5.92 Å². The van der Waals surface area contributed by atoms with E-state index >= 15 is 0 Å². The number of carboxylic acid groups (broad SMARTS) is 1. The molecule has 0 radical (unpaired) electrons. The molecule has 1 amide bonds. The number of rotatable bonds is 3. The molecule has 0 fully saturated rings. The van der Waals surface area contributed by atoms with Gasteiger partial charge < -0.3 is 14.9 Å². The van der Waals surface area contributed by atoms with Gasteiger partial charge in [0.1, 0.15) is 0 Å². The van der Waals surface area contributed by atoms with Gasteiger partial charge in [-0.1, -0.05) is 19.1 Å². The standard InChI is InChI=1S/C13H16N2O3/c1-9(13(17)18)7-15-11-6-4-3-5-10(11)14(2)8-12(15)16/h3-6,9H,7-8H2,1-2H3,(H,17,18). The van der Waals surface area contributed by atoms with Crippen LogP contribution in [0.1, 0.15) is 6.92 Å². The number of carboxylic acids is 1. The van der Waals surface area contributed by atoms with Crippen molar-refractivity contribution in [2.75, 3.05) is 29.9 Å². The third kappa shape index (κ3) is 2.16. The number of para-hydroxylation sites is 2. The molecule has 0 saturated carbocycles. The van der Waals surface area contributed by atoms with Gasteiger partial charge in [-0.25, -0.2) is 0 Å². The van der Waals surface area contributed by atoms with Gasteiger partial charge in [0.2, 0.25) is 5.91 Å². The van der Waals surface area contributed by atoms with Crippen LogP contribution in [0.25, 0.3) is 0 Å². The van der Waals surface area contributed by atoms with Gasteiger partial charge in [-0.3, -0.25) is 9.59 Å². The Labute approximate surface area is 106 Å². The predicted molar refractivity (Wildman–Crippen MR) is 68.9 cm³/mol. The summed E-state index contributed by atoms with van der Waals surface area (Å²) in [6.45, 7) is 2.10. The van der Waals surface area contributed by atoms with Crippen LogP contribution < -0.4 is 9.80 Å². The van der Waals surface area contributed by atoms with Gasteiger partial charge in [0.15, 0.2) is 0 Å². The normalized spacial score (nSPS) is 16.4. The first-order valence-electron chi connectivity index (χ1n) is 5.84. The molecule has 0 spiro atoms. The zero-order valence-electron chi connectivity index (χ0n) is 10.5. The lowest BCUT2D eigenvalue weighted by molar-refractivity contribution is -0.140. The lowest BCUT2D eigenvalue weighted by Gasteiger charge is -2.35. The van der Waals surface area contributed by atoms with Crippen molar-refractivity contribution in [3.63, 3.8) is 0 Å². The van der Waals surface area contributed by atoms with E-state index in [1.54, 1.807) is 11.8 Å². The molecule has 1 aromatic rings. The summed E-state index contributed by atoms with van der Waals surface area (Å²) in [5.74, 6) is -1.53. The van der Waals surface area contributed by atoms with Crippen LogP contribution in [-0.4, -0.2) is 37.1 Å². The number of hydrogen-bond donors (Lipinski definition) is 1. The van der Waals surface area contributed by atoms with E-state index in [4.69, 9.17) is 5.11 Å². The van der Waals surface area contributed by atoms with Crippen LogP contribution in [0.2, 0.25) is 0 Å². The number of likely N-dealkylation sites (N-methyl/N-ethyl adjacent to an activating group) is 1. The minimum Gasteiger partial charge on any atom is -0.481 e. The van der Waals surface area contributed by atoms with E-state index in [1.807, 2.05) is 36.2 Å². The molecule has 1 aliphatic rings. The summed E-state index contributed by atoms with van der Waals surface area (Å²) in [6.07, 6.45) is 0. The molecule has 5 nitrogen and oxygen atoms in total. The van der Waals surface area contributed by atoms with Gasteiger partial charge in [0.25, 0.3) is 0 Å². The molecule has 1 aromatic carbocycles. The Morgan fingerprint density at radius 1 is 1.39 bits per heavy atom. The molecule has 1 unspecified atom stereocenters. The largest absolute Gasteiger partial charge is 0.481 e. The second-order valence-electron chi connectivity index (χ2n) is 4.59. The monoisotopic (exact) mass is 248 g/mol. The third-order valence-electron chi connectivity index (χ3n) is 3.14. The number of amides is 1. The van der Waals surface area contributed by atoms with Crippen molar-refractivity contribution in [2.24, 2.45) is 5.92 Å². The maximum Gasteiger partial charge on any atom is 0.308 e. The molecule has 0 bridgehead atoms. The zero-order valence-corrected chi connectivity index (χ0v) is 10.5. The Balaban J connectivity index is 2.33. The molecule has 18 heavy (non-hydrogen) atoms. The maximum atomic E-state index is 12.0. The summed E-state index contributed by atoms with van der Waals surface area (Å²) < 4.78 is 0. The summed E-state index contributed by atoms with van der Waals surface area (Å²) in [5.41, 5.74) is 1.74. The van der Waals surface area contributed by atoms with Crippen LogP contribution in [0.5, 0.6) is 0 Å². The van der Waals surface area contributed by atoms with Crippen molar-refractivity contribution in [1.29, 1.82) is 0 Å². The van der Waals surface area contributed by atoms with Crippen LogP contribution in [0.15, 0.2) is 24.3 Å². The summed E-state index contributed by atoms with van der Waals surface area (Å²) in [6, 6.07) is 7.53. The number of nitrogens with zero attached hydrogens (tertiary/aromatic N) is 2. The summed E-state index contributed by atoms with van der Waals surface area (Å²) in [7, 11) is 1.86. The highest BCUT2D eigenvalue weighted by molar-refractivity contribution is 6.03. The van der Waals surface area contributed by atoms with E-state index in [0.717, 1.165) is 11.4 Å². The second kappa shape index (κ2) is 4.68. The van der Waals surface area contributed by atoms with Crippen LogP contribution in [0.4, 0.5) is 11.4 Å². The molecule has 2 rings (SSSR count). The molecular weight excluding hydrogens is 232 g/mol. The van der Waals surface area contributed by atoms with E-state index in [0.29, 0.717) is 0 Å². The van der Waals surface area contributed by atoms with Crippen LogP contribution in [-0.2, 0) is 9.59 Å². The number of aliphatic carboxylic acids is 1. The van der Waals surface area contributed by atoms with Crippen molar-refractivity contribution in [1.82, 2.24) is 0 Å². The number of hydrogen-bond acceptors (Lipinski definition) is 3. The molecule has 96 valence electrons. The molecule has 1 N–H and O–H groups in total. The Hall–Kier alpha value is -2.04. The third-order valence-corrected chi connectivity index (χ3v) is 3.14. The second-order valence-corrected chi connectivity index (χ2v) is 4.59. The SMILES string of the molecule is CC(CN1C(=O)CN(C)c2ccccc21)C(=O)O. The summed E-state index contributed by atoms with van der Waals surface area (Å²) >= 11 is 0. The van der Waals surface area contributed by atoms with Crippen LogP contribution in [0.3, 0.4) is 0 Å². The Morgan fingerprint density at radius 3 is 2.61 bits per heavy atom. The first-order chi connectivity index (χ1) is 8.50. The molecule has 1 atom stereocenters. The maximum absolute atomic E-state index is 12.0. The van der Waals surface area contributed by atoms with Gasteiger partial charge in [-0.05, 0) is 12.1 Å². The van der Waals surface area contributed by atoms with Gasteiger partial charge in [-0.2, -0.15) is 0 Å². The first kappa shape index (κ1) is 12.4. The number of anilines is 2. The van der Waals surface area contributed by atoms with Gasteiger partial charge in [-0.15, -0.1) is 0 Å². The van der Waals surface area contributed by atoms with Crippen molar-refractivity contribution in [3.05, 3.63) is 24.3 Å². The fourth-order valence-electron chi connectivity index (χ4n) is 2.08. The van der Waals surface area contributed by atoms with Gasteiger partial charge >= 0.3 is 5.97 Å². The van der Waals surface area contributed by atoms with Crippen molar-refractivity contribution in [2.45, 2.75) is 6.92 Å². The van der Waals surface area contributed by atoms with E-state index < -0.39 is 11.9 Å². The highest BCUT2D eigenvalue weighted by atomic mass is 16.4. The average molecular weight is 248 g/mol. The Kier molecular flexibility index (Phi) is 3.23. The topological polar surface area (TPSA) is 60.9 Å². The molecule has 0 saturated heterocycles. The molecule has 0 aliphatic carbocycles. The first-order valence-corrected chi connectivity index (χ1v) is 5.84. The average Bonchev–Trinajstić information content (AvgIpc) is 2.34. The zero-order chi connectivity index (χ0) is 13.3. The fraction of sp³-hybridized carbons (Fsp3) is 0.385. The minimum atomic E-state index is -0.890. The fourth-order valence-corrected chi connectivity index (χ4v) is 2.08. The quantitative estimate of drug-likeness (QED) is 0.872. The lowest BCUT2D eigenvalue weighted by atomic mass is 10.1. The van der Waals surface area contributed by atoms with E-state index in [9.17, 15) is 9.59 Å². The smallest absolute Gasteiger partial charge is 0.308 e. The number of carbonyl (C=O) groups excluding carboxylic acids is 1. The number of carbonyl (C=O) groups is 2. The lowest BCUT2D eigenvalue weighted by Crippen LogP contribution is -2.46. The minimum absolute atomic E-state index is 0.0655. The molecule has 5 heteroatoms. The van der Waals surface area contributed by atoms with Crippen LogP contribution >= 0.6 is 0 Å². The highest BCUT2D eigenvalue weighted by Crippen LogP contribution is 2.32. The van der Waals surface area contributed by atoms with E-state index in [2.05, 4.69) is 0 Å². The number of benzene rings is 1. The van der Waals surface area contributed by atoms with Gasteiger partial charge in [0.05, 0.1) is 23.8 Å². The van der Waals surface area contributed by atoms with Crippen molar-refractivity contribution >= 4 is 23.3 Å². The Morgan fingerprint density at radius 2 is 2.00 bits per heavy atom. The van der Waals surface area contributed by atoms with E-state index in [1.165, 1.54) is 0 Å². The molecule has 1 heterocycles. The molecule has 1 aliphatic heterocycles. The number of fused-ring (bicyclic) bond motifs is 1. The Bertz CT molecular complexity index is 487. The van der Waals surface area contributed by atoms with Gasteiger partial charge in [0, 0.05) is 13.6 Å². The van der Waals surface area contributed by atoms with E-state index in [-0.39, 0.29) is 19.0 Å². The van der Waals surface area contributed by atoms with Crippen molar-refractivity contribution < 1.29 is 14.7 Å². The molecule has 0 aromatic heterocycles. The highest BCUT2D eigenvalue weighted by Gasteiger charge is 2.29. The predicted octanol–water partition coefficient (Wildman–Crippen LogP) is 1.19.